The normalized spacial score (nSPS) is 20.3. The molecule has 1 atom stereocenters. The summed E-state index contributed by atoms with van der Waals surface area (Å²) in [6.45, 7) is 1.86. The van der Waals surface area contributed by atoms with Crippen molar-refractivity contribution in [1.29, 1.82) is 0 Å². The monoisotopic (exact) mass is 304 g/mol. The maximum atomic E-state index is 12.4. The summed E-state index contributed by atoms with van der Waals surface area (Å²) in [4.78, 5) is 1.02. The molecule has 7 heteroatoms. The van der Waals surface area contributed by atoms with Gasteiger partial charge in [0, 0.05) is 31.6 Å². The van der Waals surface area contributed by atoms with Crippen LogP contribution in [0.25, 0.3) is 0 Å². The first-order chi connectivity index (χ1) is 9.04. The van der Waals surface area contributed by atoms with E-state index in [0.717, 1.165) is 24.3 Å². The van der Waals surface area contributed by atoms with Gasteiger partial charge in [-0.1, -0.05) is 0 Å². The molecule has 1 aromatic heterocycles. The average molecular weight is 304 g/mol. The van der Waals surface area contributed by atoms with Crippen molar-refractivity contribution in [3.05, 3.63) is 17.0 Å². The lowest BCUT2D eigenvalue weighted by atomic mass is 10.2. The highest BCUT2D eigenvalue weighted by molar-refractivity contribution is 7.91. The molecular weight excluding hydrogens is 284 g/mol. The van der Waals surface area contributed by atoms with Crippen LogP contribution in [0.3, 0.4) is 0 Å². The van der Waals surface area contributed by atoms with Gasteiger partial charge in [-0.2, -0.15) is 4.31 Å². The summed E-state index contributed by atoms with van der Waals surface area (Å²) in [5.74, 6) is 0. The second-order valence-corrected chi connectivity index (χ2v) is 8.11. The van der Waals surface area contributed by atoms with E-state index < -0.39 is 10.0 Å². The van der Waals surface area contributed by atoms with Crippen molar-refractivity contribution in [2.45, 2.75) is 29.7 Å². The van der Waals surface area contributed by atoms with Crippen LogP contribution in [0.5, 0.6) is 0 Å². The molecule has 0 bridgehead atoms. The fourth-order valence-corrected chi connectivity index (χ4v) is 4.87. The third-order valence-corrected chi connectivity index (χ3v) is 6.51. The Bertz CT molecular complexity index is 507. The first kappa shape index (κ1) is 14.9. The Morgan fingerprint density at radius 1 is 1.53 bits per heavy atom. The molecule has 0 amide bonds. The van der Waals surface area contributed by atoms with Crippen LogP contribution in [0, 0.1) is 0 Å². The summed E-state index contributed by atoms with van der Waals surface area (Å²) in [5.41, 5.74) is 0. The molecule has 1 fully saturated rings. The number of rotatable bonds is 6. The van der Waals surface area contributed by atoms with Gasteiger partial charge >= 0.3 is 0 Å². The number of thiophene rings is 1. The van der Waals surface area contributed by atoms with Crippen molar-refractivity contribution < 1.29 is 13.2 Å². The Balaban J connectivity index is 2.06. The molecule has 108 valence electrons. The van der Waals surface area contributed by atoms with Gasteiger partial charge in [0.2, 0.25) is 0 Å². The zero-order chi connectivity index (χ0) is 13.9. The van der Waals surface area contributed by atoms with Gasteiger partial charge in [-0.05, 0) is 32.0 Å². The van der Waals surface area contributed by atoms with Crippen LogP contribution in [-0.4, -0.2) is 46.1 Å². The second-order valence-electron chi connectivity index (χ2n) is 4.67. The van der Waals surface area contributed by atoms with Gasteiger partial charge in [0.25, 0.3) is 10.0 Å². The number of likely N-dealkylation sites (N-methyl/N-ethyl adjacent to an activating group) is 1. The van der Waals surface area contributed by atoms with E-state index in [0.29, 0.717) is 17.3 Å². The number of hydrogen-bond acceptors (Lipinski definition) is 5. The number of nitrogens with zero attached hydrogens (tertiary/aromatic N) is 1. The summed E-state index contributed by atoms with van der Waals surface area (Å²) in [6.07, 6.45) is 2.00. The predicted molar refractivity (Wildman–Crippen MR) is 75.9 cm³/mol. The lowest BCUT2D eigenvalue weighted by Crippen LogP contribution is -2.33. The zero-order valence-electron chi connectivity index (χ0n) is 11.3. The molecule has 0 saturated carbocycles. The van der Waals surface area contributed by atoms with E-state index in [4.69, 9.17) is 4.74 Å². The highest BCUT2D eigenvalue weighted by atomic mass is 32.2. The first-order valence-electron chi connectivity index (χ1n) is 6.35. The van der Waals surface area contributed by atoms with Gasteiger partial charge in [-0.25, -0.2) is 8.42 Å². The quantitative estimate of drug-likeness (QED) is 0.860. The van der Waals surface area contributed by atoms with E-state index in [9.17, 15) is 8.42 Å². The van der Waals surface area contributed by atoms with Crippen molar-refractivity contribution in [3.63, 3.8) is 0 Å². The molecule has 0 radical (unpaired) electrons. The molecular formula is C12H20N2O3S2. The average Bonchev–Trinajstić information content (AvgIpc) is 3.00. The molecule has 1 saturated heterocycles. The molecule has 1 aliphatic rings. The van der Waals surface area contributed by atoms with Gasteiger partial charge in [-0.3, -0.25) is 0 Å². The van der Waals surface area contributed by atoms with Crippen LogP contribution in [0.4, 0.5) is 0 Å². The minimum atomic E-state index is -3.38. The van der Waals surface area contributed by atoms with Crippen molar-refractivity contribution in [2.75, 3.05) is 27.2 Å². The van der Waals surface area contributed by atoms with Gasteiger partial charge in [0.15, 0.2) is 0 Å². The summed E-state index contributed by atoms with van der Waals surface area (Å²) < 4.78 is 32.1. The number of nitrogens with one attached hydrogen (secondary N) is 1. The molecule has 1 aromatic rings. The van der Waals surface area contributed by atoms with Crippen molar-refractivity contribution >= 4 is 21.4 Å². The SMILES string of the molecule is CNCc1ccc(S(=O)(=O)N(C)CC2CCCO2)s1. The van der Waals surface area contributed by atoms with Crippen LogP contribution in [0.1, 0.15) is 17.7 Å². The molecule has 1 N–H and O–H groups in total. The highest BCUT2D eigenvalue weighted by Crippen LogP contribution is 2.25. The number of sulfonamides is 1. The van der Waals surface area contributed by atoms with E-state index in [1.807, 2.05) is 13.1 Å². The van der Waals surface area contributed by atoms with E-state index in [1.165, 1.54) is 15.6 Å². The second kappa shape index (κ2) is 6.32. The van der Waals surface area contributed by atoms with E-state index in [2.05, 4.69) is 5.32 Å². The van der Waals surface area contributed by atoms with Crippen LogP contribution in [-0.2, 0) is 21.3 Å². The minimum absolute atomic E-state index is 0.0384. The van der Waals surface area contributed by atoms with Gasteiger partial charge in [0.05, 0.1) is 6.10 Å². The van der Waals surface area contributed by atoms with E-state index >= 15 is 0 Å². The van der Waals surface area contributed by atoms with Gasteiger partial charge < -0.3 is 10.1 Å². The lowest BCUT2D eigenvalue weighted by Gasteiger charge is -2.19. The number of hydrogen-bond donors (Lipinski definition) is 1. The molecule has 2 rings (SSSR count). The van der Waals surface area contributed by atoms with Crippen molar-refractivity contribution in [1.82, 2.24) is 9.62 Å². The van der Waals surface area contributed by atoms with Crippen molar-refractivity contribution in [2.24, 2.45) is 0 Å². The Kier molecular flexibility index (Phi) is 4.97. The molecule has 19 heavy (non-hydrogen) atoms. The summed E-state index contributed by atoms with van der Waals surface area (Å²) in [5, 5.41) is 3.02. The fraction of sp³-hybridized carbons (Fsp3) is 0.667. The third kappa shape index (κ3) is 3.55. The first-order valence-corrected chi connectivity index (χ1v) is 8.61. The maximum Gasteiger partial charge on any atom is 0.252 e. The molecule has 2 heterocycles. The summed E-state index contributed by atoms with van der Waals surface area (Å²) in [7, 11) is 0.0844. The molecule has 0 aromatic carbocycles. The van der Waals surface area contributed by atoms with Crippen LogP contribution in [0.15, 0.2) is 16.3 Å². The number of ether oxygens (including phenoxy) is 1. The summed E-state index contributed by atoms with van der Waals surface area (Å²) in [6, 6.07) is 3.53. The maximum absolute atomic E-state index is 12.4. The standard InChI is InChI=1S/C12H20N2O3S2/c1-13-8-11-5-6-12(18-11)19(15,16)14(2)9-10-4-3-7-17-10/h5-6,10,13H,3-4,7-9H2,1-2H3. The molecule has 1 unspecified atom stereocenters. The van der Waals surface area contributed by atoms with E-state index in [-0.39, 0.29) is 6.10 Å². The van der Waals surface area contributed by atoms with Gasteiger partial charge in [0.1, 0.15) is 4.21 Å². The fourth-order valence-electron chi connectivity index (χ4n) is 2.09. The van der Waals surface area contributed by atoms with Crippen LogP contribution in [0.2, 0.25) is 0 Å². The predicted octanol–water partition coefficient (Wildman–Crippen LogP) is 1.27. The van der Waals surface area contributed by atoms with Crippen LogP contribution >= 0.6 is 11.3 Å². The Hall–Kier alpha value is -0.470. The third-order valence-electron chi connectivity index (χ3n) is 3.14. The van der Waals surface area contributed by atoms with E-state index in [1.54, 1.807) is 13.1 Å². The topological polar surface area (TPSA) is 58.6 Å². The highest BCUT2D eigenvalue weighted by Gasteiger charge is 2.27. The largest absolute Gasteiger partial charge is 0.377 e. The van der Waals surface area contributed by atoms with Gasteiger partial charge in [-0.15, -0.1) is 11.3 Å². The van der Waals surface area contributed by atoms with Crippen LogP contribution < -0.4 is 5.32 Å². The Morgan fingerprint density at radius 3 is 2.95 bits per heavy atom. The zero-order valence-corrected chi connectivity index (χ0v) is 12.9. The Morgan fingerprint density at radius 2 is 2.32 bits per heavy atom. The molecule has 5 nitrogen and oxygen atoms in total. The smallest absolute Gasteiger partial charge is 0.252 e. The van der Waals surface area contributed by atoms with Crippen molar-refractivity contribution in [3.8, 4) is 0 Å². The Labute approximate surface area is 118 Å². The summed E-state index contributed by atoms with van der Waals surface area (Å²) >= 11 is 1.32. The lowest BCUT2D eigenvalue weighted by molar-refractivity contribution is 0.0979. The minimum Gasteiger partial charge on any atom is -0.377 e. The molecule has 0 spiro atoms. The molecule has 0 aliphatic carbocycles. The molecule has 1 aliphatic heterocycles.